The molecule has 0 radical (unpaired) electrons. The lowest BCUT2D eigenvalue weighted by Crippen LogP contribution is -2.14. The van der Waals surface area contributed by atoms with Crippen molar-refractivity contribution in [2.24, 2.45) is 0 Å². The highest BCUT2D eigenvalue weighted by Crippen LogP contribution is 2.39. The van der Waals surface area contributed by atoms with Gasteiger partial charge in [-0.25, -0.2) is 14.5 Å². The molecule has 0 aliphatic heterocycles. The normalized spacial score (nSPS) is 11.0. The number of thiophene rings is 1. The van der Waals surface area contributed by atoms with Crippen molar-refractivity contribution in [2.45, 2.75) is 26.8 Å². The number of carbonyl (C=O) groups excluding carboxylic acids is 2. The maximum Gasteiger partial charge on any atom is 0.350 e. The van der Waals surface area contributed by atoms with Gasteiger partial charge in [0.25, 0.3) is 5.91 Å². The van der Waals surface area contributed by atoms with E-state index in [0.29, 0.717) is 33.3 Å². The molecule has 4 rings (SSSR count). The summed E-state index contributed by atoms with van der Waals surface area (Å²) in [5, 5.41) is 7.95. The maximum atomic E-state index is 13.1. The molecule has 9 nitrogen and oxygen atoms in total. The van der Waals surface area contributed by atoms with Crippen LogP contribution in [0.25, 0.3) is 21.5 Å². The molecule has 0 saturated carbocycles. The van der Waals surface area contributed by atoms with Gasteiger partial charge in [-0.3, -0.25) is 4.79 Å². The van der Waals surface area contributed by atoms with Crippen molar-refractivity contribution >= 4 is 39.9 Å². The highest BCUT2D eigenvalue weighted by atomic mass is 32.1. The fourth-order valence-corrected chi connectivity index (χ4v) is 4.60. The largest absolute Gasteiger partial charge is 0.493 e. The predicted octanol–water partition coefficient (Wildman–Crippen LogP) is 5.19. The lowest BCUT2D eigenvalue weighted by molar-refractivity contribution is 0.0533. The van der Waals surface area contributed by atoms with Gasteiger partial charge in [0, 0.05) is 22.5 Å². The van der Waals surface area contributed by atoms with E-state index in [1.54, 1.807) is 50.2 Å². The molecular formula is C25H26N4O5S. The number of aromatic nitrogens is 3. The van der Waals surface area contributed by atoms with E-state index in [0.717, 1.165) is 15.8 Å². The number of fused-ring (bicyclic) bond motifs is 1. The van der Waals surface area contributed by atoms with Crippen molar-refractivity contribution in [1.29, 1.82) is 0 Å². The van der Waals surface area contributed by atoms with Gasteiger partial charge in [-0.15, -0.1) is 11.3 Å². The van der Waals surface area contributed by atoms with Gasteiger partial charge in [-0.05, 0) is 56.7 Å². The molecule has 0 bridgehead atoms. The summed E-state index contributed by atoms with van der Waals surface area (Å²) in [6.07, 6.45) is 3.19. The van der Waals surface area contributed by atoms with E-state index in [2.05, 4.69) is 15.4 Å². The van der Waals surface area contributed by atoms with Crippen LogP contribution in [-0.4, -0.2) is 47.5 Å². The number of pyridine rings is 1. The predicted molar refractivity (Wildman–Crippen MR) is 135 cm³/mol. The van der Waals surface area contributed by atoms with E-state index in [1.807, 2.05) is 26.0 Å². The average molecular weight is 495 g/mol. The molecule has 3 heterocycles. The smallest absolute Gasteiger partial charge is 0.350 e. The summed E-state index contributed by atoms with van der Waals surface area (Å²) in [5.41, 5.74) is 2.23. The molecule has 0 aliphatic carbocycles. The molecule has 0 fully saturated rings. The van der Waals surface area contributed by atoms with Gasteiger partial charge < -0.3 is 19.5 Å². The monoisotopic (exact) mass is 494 g/mol. The van der Waals surface area contributed by atoms with Gasteiger partial charge in [0.05, 0.1) is 38.3 Å². The number of amides is 1. The molecule has 1 aromatic carbocycles. The Morgan fingerprint density at radius 1 is 1.09 bits per heavy atom. The number of methoxy groups -OCH3 is 2. The number of anilines is 1. The van der Waals surface area contributed by atoms with Crippen LogP contribution in [0.3, 0.4) is 0 Å². The van der Waals surface area contributed by atoms with Crippen LogP contribution in [0.15, 0.2) is 42.7 Å². The van der Waals surface area contributed by atoms with Crippen LogP contribution in [-0.2, 0) is 4.74 Å². The maximum absolute atomic E-state index is 13.1. The summed E-state index contributed by atoms with van der Waals surface area (Å²) in [6, 6.07) is 9.09. The molecule has 0 atom stereocenters. The van der Waals surface area contributed by atoms with Crippen LogP contribution in [0.2, 0.25) is 0 Å². The number of hydrogen-bond donors (Lipinski definition) is 1. The van der Waals surface area contributed by atoms with Crippen LogP contribution in [0.5, 0.6) is 11.5 Å². The van der Waals surface area contributed by atoms with Crippen molar-refractivity contribution in [3.63, 3.8) is 0 Å². The fourth-order valence-electron chi connectivity index (χ4n) is 3.60. The zero-order valence-electron chi connectivity index (χ0n) is 20.1. The Bertz CT molecular complexity index is 1390. The Hall–Kier alpha value is -3.92. The first kappa shape index (κ1) is 24.2. The third-order valence-electron chi connectivity index (χ3n) is 5.29. The van der Waals surface area contributed by atoms with Gasteiger partial charge in [0.15, 0.2) is 17.1 Å². The molecule has 10 heteroatoms. The van der Waals surface area contributed by atoms with Crippen molar-refractivity contribution in [2.75, 3.05) is 26.1 Å². The topological polar surface area (TPSA) is 105 Å². The van der Waals surface area contributed by atoms with Gasteiger partial charge in [-0.2, -0.15) is 5.10 Å². The summed E-state index contributed by atoms with van der Waals surface area (Å²) in [4.78, 5) is 31.2. The first-order chi connectivity index (χ1) is 16.9. The minimum absolute atomic E-state index is 0.146. The number of benzene rings is 1. The number of ether oxygens (including phenoxy) is 3. The summed E-state index contributed by atoms with van der Waals surface area (Å²) in [7, 11) is 3.12. The van der Waals surface area contributed by atoms with Crippen LogP contribution in [0, 0.1) is 0 Å². The Morgan fingerprint density at radius 3 is 2.54 bits per heavy atom. The number of nitrogens with one attached hydrogen (secondary N) is 1. The zero-order valence-corrected chi connectivity index (χ0v) is 20.9. The van der Waals surface area contributed by atoms with Crippen molar-refractivity contribution in [3.05, 3.63) is 53.2 Å². The second kappa shape index (κ2) is 10.1. The van der Waals surface area contributed by atoms with Crippen LogP contribution >= 0.6 is 11.3 Å². The third-order valence-corrected chi connectivity index (χ3v) is 6.46. The number of hydrogen-bond acceptors (Lipinski definition) is 8. The molecule has 0 spiro atoms. The van der Waals surface area contributed by atoms with E-state index in [4.69, 9.17) is 14.2 Å². The molecule has 182 valence electrons. The van der Waals surface area contributed by atoms with Gasteiger partial charge in [0.2, 0.25) is 0 Å². The van der Waals surface area contributed by atoms with Gasteiger partial charge in [0.1, 0.15) is 4.88 Å². The Labute approximate surface area is 206 Å². The minimum atomic E-state index is -0.508. The second-order valence-corrected chi connectivity index (χ2v) is 8.97. The van der Waals surface area contributed by atoms with Crippen molar-refractivity contribution in [1.82, 2.24) is 14.8 Å². The van der Waals surface area contributed by atoms with Crippen molar-refractivity contribution in [3.8, 4) is 21.9 Å². The van der Waals surface area contributed by atoms with Crippen molar-refractivity contribution < 1.29 is 23.8 Å². The van der Waals surface area contributed by atoms with E-state index in [1.165, 1.54) is 17.5 Å². The van der Waals surface area contributed by atoms with Gasteiger partial charge >= 0.3 is 5.97 Å². The lowest BCUT2D eigenvalue weighted by atomic mass is 10.1. The molecule has 3 aromatic heterocycles. The minimum Gasteiger partial charge on any atom is -0.493 e. The lowest BCUT2D eigenvalue weighted by Gasteiger charge is -2.08. The molecule has 0 saturated heterocycles. The Kier molecular flexibility index (Phi) is 7.02. The molecule has 0 aliphatic rings. The number of carbonyl (C=O) groups is 2. The summed E-state index contributed by atoms with van der Waals surface area (Å²) >= 11 is 1.22. The van der Waals surface area contributed by atoms with E-state index in [-0.39, 0.29) is 18.6 Å². The van der Waals surface area contributed by atoms with E-state index in [9.17, 15) is 9.59 Å². The summed E-state index contributed by atoms with van der Waals surface area (Å²) in [5.74, 6) is 0.254. The number of esters is 1. The molecule has 1 N–H and O–H groups in total. The van der Waals surface area contributed by atoms with E-state index >= 15 is 0 Å². The third kappa shape index (κ3) is 4.83. The molecular weight excluding hydrogens is 468 g/mol. The Balaban J connectivity index is 1.68. The zero-order chi connectivity index (χ0) is 25.1. The first-order valence-electron chi connectivity index (χ1n) is 11.0. The number of rotatable bonds is 8. The second-order valence-electron chi connectivity index (χ2n) is 7.92. The van der Waals surface area contributed by atoms with E-state index < -0.39 is 5.97 Å². The average Bonchev–Trinajstić information content (AvgIpc) is 3.47. The van der Waals surface area contributed by atoms with Crippen LogP contribution < -0.4 is 14.8 Å². The molecule has 35 heavy (non-hydrogen) atoms. The molecule has 0 unspecified atom stereocenters. The molecule has 1 amide bonds. The summed E-state index contributed by atoms with van der Waals surface area (Å²) in [6.45, 7) is 5.98. The van der Waals surface area contributed by atoms with Crippen LogP contribution in [0.1, 0.15) is 46.8 Å². The fraction of sp³-hybridized carbons (Fsp3) is 0.280. The standard InChI is InChI=1S/C25H26N4O5S/c1-6-34-25(31)22-18(11-21(35-22)15-7-8-19(32-4)20(10-15)33-5)28-24(30)17-9-16-13-27-29(14(2)3)23(16)26-12-17/h7-14H,6H2,1-5H3,(H,28,30). The van der Waals surface area contributed by atoms with Crippen LogP contribution in [0.4, 0.5) is 5.69 Å². The summed E-state index contributed by atoms with van der Waals surface area (Å²) < 4.78 is 17.7. The highest BCUT2D eigenvalue weighted by Gasteiger charge is 2.22. The highest BCUT2D eigenvalue weighted by molar-refractivity contribution is 7.18. The number of nitrogens with zero attached hydrogens (tertiary/aromatic N) is 3. The first-order valence-corrected chi connectivity index (χ1v) is 11.9. The van der Waals surface area contributed by atoms with Gasteiger partial charge in [-0.1, -0.05) is 0 Å². The SMILES string of the molecule is CCOC(=O)c1sc(-c2ccc(OC)c(OC)c2)cc1NC(=O)c1cnc2c(cnn2C(C)C)c1. The quantitative estimate of drug-likeness (QED) is 0.336. The Morgan fingerprint density at radius 2 is 1.86 bits per heavy atom. The molecule has 4 aromatic rings.